The normalized spacial score (nSPS) is 13.9. The van der Waals surface area contributed by atoms with E-state index in [0.29, 0.717) is 22.9 Å². The molecule has 0 atom stereocenters. The largest absolute Gasteiger partial charge is 0.436 e. The molecular formula is C16H16N4O. The van der Waals surface area contributed by atoms with E-state index in [4.69, 9.17) is 15.7 Å². The lowest BCUT2D eigenvalue weighted by Crippen LogP contribution is -2.02. The van der Waals surface area contributed by atoms with Crippen LogP contribution in [-0.2, 0) is 12.8 Å². The van der Waals surface area contributed by atoms with Crippen LogP contribution >= 0.6 is 0 Å². The highest BCUT2D eigenvalue weighted by atomic mass is 16.5. The second-order valence-electron chi connectivity index (χ2n) is 5.13. The van der Waals surface area contributed by atoms with Gasteiger partial charge in [0.25, 0.3) is 0 Å². The van der Waals surface area contributed by atoms with Crippen molar-refractivity contribution in [2.75, 3.05) is 5.73 Å². The molecule has 0 saturated carbocycles. The minimum absolute atomic E-state index is 0.440. The van der Waals surface area contributed by atoms with E-state index in [2.05, 4.69) is 16.0 Å². The van der Waals surface area contributed by atoms with Crippen molar-refractivity contribution in [2.45, 2.75) is 32.1 Å². The molecular weight excluding hydrogens is 264 g/mol. The van der Waals surface area contributed by atoms with Gasteiger partial charge in [-0.25, -0.2) is 9.97 Å². The number of hydrogen-bond donors (Lipinski definition) is 1. The molecule has 0 amide bonds. The smallest absolute Gasteiger partial charge is 0.225 e. The van der Waals surface area contributed by atoms with Gasteiger partial charge >= 0.3 is 0 Å². The Kier molecular flexibility index (Phi) is 3.69. The Morgan fingerprint density at radius 3 is 2.81 bits per heavy atom. The molecule has 21 heavy (non-hydrogen) atoms. The summed E-state index contributed by atoms with van der Waals surface area (Å²) in [5.41, 5.74) is 9.04. The summed E-state index contributed by atoms with van der Waals surface area (Å²) in [6.45, 7) is 0. The molecule has 2 aromatic rings. The molecule has 2 N–H and O–H groups in total. The second kappa shape index (κ2) is 5.80. The SMILES string of the molecule is N#Cc1ccc(Oc2ncnc3c2CCCCC3)c(N)c1. The number of aryl methyl sites for hydroxylation is 1. The van der Waals surface area contributed by atoms with E-state index in [0.717, 1.165) is 36.9 Å². The quantitative estimate of drug-likeness (QED) is 0.675. The summed E-state index contributed by atoms with van der Waals surface area (Å²) < 4.78 is 5.88. The fourth-order valence-corrected chi connectivity index (χ4v) is 2.57. The zero-order chi connectivity index (χ0) is 14.7. The zero-order valence-corrected chi connectivity index (χ0v) is 11.7. The Hall–Kier alpha value is -2.61. The maximum absolute atomic E-state index is 8.87. The Morgan fingerprint density at radius 2 is 2.00 bits per heavy atom. The Morgan fingerprint density at radius 1 is 1.14 bits per heavy atom. The molecule has 0 saturated heterocycles. The molecule has 0 spiro atoms. The van der Waals surface area contributed by atoms with Crippen molar-refractivity contribution >= 4 is 5.69 Å². The number of aromatic nitrogens is 2. The van der Waals surface area contributed by atoms with Crippen molar-refractivity contribution in [1.82, 2.24) is 9.97 Å². The number of nitriles is 1. The van der Waals surface area contributed by atoms with Crippen LogP contribution in [0.4, 0.5) is 5.69 Å². The summed E-state index contributed by atoms with van der Waals surface area (Å²) in [5, 5.41) is 8.87. The summed E-state index contributed by atoms with van der Waals surface area (Å²) in [7, 11) is 0. The number of anilines is 1. The third kappa shape index (κ3) is 2.79. The number of fused-ring (bicyclic) bond motifs is 1. The molecule has 1 aliphatic carbocycles. The van der Waals surface area contributed by atoms with Crippen molar-refractivity contribution in [2.24, 2.45) is 0 Å². The van der Waals surface area contributed by atoms with Crippen molar-refractivity contribution in [3.8, 4) is 17.7 Å². The predicted octanol–water partition coefficient (Wildman–Crippen LogP) is 2.99. The maximum atomic E-state index is 8.87. The zero-order valence-electron chi connectivity index (χ0n) is 11.7. The molecule has 106 valence electrons. The number of nitrogens with zero attached hydrogens (tertiary/aromatic N) is 3. The third-order valence-electron chi connectivity index (χ3n) is 3.68. The van der Waals surface area contributed by atoms with Crippen molar-refractivity contribution in [3.63, 3.8) is 0 Å². The highest BCUT2D eigenvalue weighted by Crippen LogP contribution is 2.32. The van der Waals surface area contributed by atoms with E-state index in [9.17, 15) is 0 Å². The first kappa shape index (κ1) is 13.4. The van der Waals surface area contributed by atoms with E-state index in [1.165, 1.54) is 6.42 Å². The van der Waals surface area contributed by atoms with Crippen molar-refractivity contribution < 1.29 is 4.74 Å². The summed E-state index contributed by atoms with van der Waals surface area (Å²) in [5.74, 6) is 1.11. The van der Waals surface area contributed by atoms with Gasteiger partial charge in [-0.05, 0) is 43.9 Å². The van der Waals surface area contributed by atoms with Crippen molar-refractivity contribution in [3.05, 3.63) is 41.3 Å². The predicted molar refractivity (Wildman–Crippen MR) is 78.9 cm³/mol. The van der Waals surface area contributed by atoms with Gasteiger partial charge in [-0.1, -0.05) is 6.42 Å². The fraction of sp³-hybridized carbons (Fsp3) is 0.312. The molecule has 1 aliphatic rings. The molecule has 3 rings (SSSR count). The maximum Gasteiger partial charge on any atom is 0.225 e. The van der Waals surface area contributed by atoms with Crippen LogP contribution in [0.15, 0.2) is 24.5 Å². The van der Waals surface area contributed by atoms with Gasteiger partial charge in [0.2, 0.25) is 5.88 Å². The van der Waals surface area contributed by atoms with Gasteiger partial charge < -0.3 is 10.5 Å². The Labute approximate surface area is 123 Å². The van der Waals surface area contributed by atoms with Crippen molar-refractivity contribution in [1.29, 1.82) is 5.26 Å². The lowest BCUT2D eigenvalue weighted by Gasteiger charge is -2.12. The van der Waals surface area contributed by atoms with Crippen LogP contribution in [0.2, 0.25) is 0 Å². The average Bonchev–Trinajstić information content (AvgIpc) is 2.75. The molecule has 5 nitrogen and oxygen atoms in total. The molecule has 0 bridgehead atoms. The van der Waals surface area contributed by atoms with Gasteiger partial charge in [-0.2, -0.15) is 5.26 Å². The minimum atomic E-state index is 0.440. The molecule has 0 aliphatic heterocycles. The second-order valence-corrected chi connectivity index (χ2v) is 5.13. The van der Waals surface area contributed by atoms with E-state index in [1.54, 1.807) is 24.5 Å². The van der Waals surface area contributed by atoms with E-state index in [1.807, 2.05) is 0 Å². The molecule has 1 aromatic heterocycles. The van der Waals surface area contributed by atoms with E-state index in [-0.39, 0.29) is 0 Å². The average molecular weight is 280 g/mol. The summed E-state index contributed by atoms with van der Waals surface area (Å²) >= 11 is 0. The van der Waals surface area contributed by atoms with Crippen LogP contribution in [0.25, 0.3) is 0 Å². The highest BCUT2D eigenvalue weighted by Gasteiger charge is 2.16. The summed E-state index contributed by atoms with van der Waals surface area (Å²) in [6, 6.07) is 7.06. The standard InChI is InChI=1S/C16H16N4O/c17-9-11-6-7-15(13(18)8-11)21-16-12-4-2-1-3-5-14(12)19-10-20-16/h6-8,10H,1-5,18H2. The molecule has 1 heterocycles. The van der Waals surface area contributed by atoms with Crippen LogP contribution < -0.4 is 10.5 Å². The summed E-state index contributed by atoms with van der Waals surface area (Å²) in [4.78, 5) is 8.62. The van der Waals surface area contributed by atoms with Gasteiger partial charge in [-0.15, -0.1) is 0 Å². The number of nitrogens with two attached hydrogens (primary N) is 1. The van der Waals surface area contributed by atoms with Crippen LogP contribution in [0.1, 0.15) is 36.1 Å². The number of benzene rings is 1. The topological polar surface area (TPSA) is 84.8 Å². The number of ether oxygens (including phenoxy) is 1. The first-order valence-electron chi connectivity index (χ1n) is 7.08. The minimum Gasteiger partial charge on any atom is -0.436 e. The fourth-order valence-electron chi connectivity index (χ4n) is 2.57. The molecule has 5 heteroatoms. The molecule has 1 aromatic carbocycles. The van der Waals surface area contributed by atoms with Crippen LogP contribution in [-0.4, -0.2) is 9.97 Å². The highest BCUT2D eigenvalue weighted by molar-refractivity contribution is 5.57. The molecule has 0 fully saturated rings. The Bertz CT molecular complexity index is 706. The number of nitrogen functional groups attached to an aromatic ring is 1. The van der Waals surface area contributed by atoms with Gasteiger partial charge in [0.1, 0.15) is 6.33 Å². The van der Waals surface area contributed by atoms with Gasteiger partial charge in [0.15, 0.2) is 5.75 Å². The molecule has 0 unspecified atom stereocenters. The molecule has 0 radical (unpaired) electrons. The van der Waals surface area contributed by atoms with E-state index < -0.39 is 0 Å². The third-order valence-corrected chi connectivity index (χ3v) is 3.68. The van der Waals surface area contributed by atoms with Crippen LogP contribution in [0.5, 0.6) is 11.6 Å². The lowest BCUT2D eigenvalue weighted by molar-refractivity contribution is 0.455. The van der Waals surface area contributed by atoms with Gasteiger partial charge in [0, 0.05) is 5.56 Å². The Balaban J connectivity index is 1.94. The first-order valence-corrected chi connectivity index (χ1v) is 7.08. The lowest BCUT2D eigenvalue weighted by atomic mass is 10.1. The number of hydrogen-bond acceptors (Lipinski definition) is 5. The number of rotatable bonds is 2. The van der Waals surface area contributed by atoms with Gasteiger partial charge in [0.05, 0.1) is 23.0 Å². The van der Waals surface area contributed by atoms with E-state index >= 15 is 0 Å². The van der Waals surface area contributed by atoms with Crippen LogP contribution in [0, 0.1) is 11.3 Å². The monoisotopic (exact) mass is 280 g/mol. The summed E-state index contributed by atoms with van der Waals surface area (Å²) in [6.07, 6.45) is 6.93. The first-order chi connectivity index (χ1) is 10.3. The van der Waals surface area contributed by atoms with Gasteiger partial charge in [-0.3, -0.25) is 0 Å². The van der Waals surface area contributed by atoms with Crippen LogP contribution in [0.3, 0.4) is 0 Å².